The second kappa shape index (κ2) is 4.97. The Kier molecular flexibility index (Phi) is 3.39. The van der Waals surface area contributed by atoms with E-state index in [4.69, 9.17) is 10.5 Å². The second-order valence-corrected chi connectivity index (χ2v) is 3.75. The highest BCUT2D eigenvalue weighted by Gasteiger charge is 2.16. The maximum absolute atomic E-state index is 11.4. The summed E-state index contributed by atoms with van der Waals surface area (Å²) in [5.74, 6) is -0.378. The Balaban J connectivity index is 2.18. The number of carbonyl (C=O) groups is 1. The quantitative estimate of drug-likeness (QED) is 0.792. The first-order valence-electron chi connectivity index (χ1n) is 5.56. The largest absolute Gasteiger partial charge is 0.465 e. The first kappa shape index (κ1) is 11.6. The van der Waals surface area contributed by atoms with Crippen LogP contribution in [0.5, 0.6) is 0 Å². The van der Waals surface area contributed by atoms with Gasteiger partial charge in [0.05, 0.1) is 12.1 Å². The standard InChI is InChI=1S/C12H15N3O2/c1-2-17-12(16)11(13)8-10-5-3-4-9-6-7-14-15(9)10/h3-7,11H,2,8,13H2,1H3. The summed E-state index contributed by atoms with van der Waals surface area (Å²) in [6.45, 7) is 2.11. The number of nitrogens with zero attached hydrogens (tertiary/aromatic N) is 2. The Bertz CT molecular complexity index is 521. The molecule has 2 rings (SSSR count). The molecule has 0 radical (unpaired) electrons. The van der Waals surface area contributed by atoms with Gasteiger partial charge in [-0.05, 0) is 25.1 Å². The van der Waals surface area contributed by atoms with Crippen molar-refractivity contribution < 1.29 is 9.53 Å². The van der Waals surface area contributed by atoms with Crippen LogP contribution in [0.4, 0.5) is 0 Å². The van der Waals surface area contributed by atoms with Crippen LogP contribution in [-0.2, 0) is 16.0 Å². The molecule has 17 heavy (non-hydrogen) atoms. The zero-order valence-corrected chi connectivity index (χ0v) is 9.67. The van der Waals surface area contributed by atoms with Crippen molar-refractivity contribution in [2.24, 2.45) is 5.73 Å². The molecule has 0 amide bonds. The minimum atomic E-state index is -0.648. The van der Waals surface area contributed by atoms with E-state index >= 15 is 0 Å². The maximum atomic E-state index is 11.4. The third-order valence-electron chi connectivity index (χ3n) is 2.52. The molecule has 0 saturated heterocycles. The summed E-state index contributed by atoms with van der Waals surface area (Å²) in [6, 6.07) is 7.03. The molecule has 0 aliphatic carbocycles. The summed E-state index contributed by atoms with van der Waals surface area (Å²) in [5, 5.41) is 4.19. The highest BCUT2D eigenvalue weighted by atomic mass is 16.5. The van der Waals surface area contributed by atoms with Crippen molar-refractivity contribution in [3.05, 3.63) is 36.2 Å². The molecule has 5 heteroatoms. The molecule has 2 heterocycles. The molecule has 2 N–H and O–H groups in total. The number of fused-ring (bicyclic) bond motifs is 1. The molecule has 1 unspecified atom stereocenters. The van der Waals surface area contributed by atoms with Gasteiger partial charge in [-0.25, -0.2) is 4.52 Å². The number of hydrogen-bond donors (Lipinski definition) is 1. The summed E-state index contributed by atoms with van der Waals surface area (Å²) >= 11 is 0. The Labute approximate surface area is 99.2 Å². The normalized spacial score (nSPS) is 12.6. The molecule has 0 fully saturated rings. The van der Waals surface area contributed by atoms with Crippen LogP contribution in [0.25, 0.3) is 5.52 Å². The number of aromatic nitrogens is 2. The van der Waals surface area contributed by atoms with Crippen molar-refractivity contribution in [3.8, 4) is 0 Å². The lowest BCUT2D eigenvalue weighted by molar-refractivity contribution is -0.144. The lowest BCUT2D eigenvalue weighted by Crippen LogP contribution is -2.35. The number of hydrogen-bond acceptors (Lipinski definition) is 4. The zero-order valence-electron chi connectivity index (χ0n) is 9.67. The average molecular weight is 233 g/mol. The van der Waals surface area contributed by atoms with E-state index in [1.54, 1.807) is 17.6 Å². The summed E-state index contributed by atoms with van der Waals surface area (Å²) in [5.41, 5.74) is 7.66. The molecule has 0 aliphatic rings. The van der Waals surface area contributed by atoms with Gasteiger partial charge in [0.2, 0.25) is 0 Å². The molecule has 0 bridgehead atoms. The molecule has 90 valence electrons. The van der Waals surface area contributed by atoms with Gasteiger partial charge in [-0.15, -0.1) is 0 Å². The van der Waals surface area contributed by atoms with E-state index in [-0.39, 0.29) is 5.97 Å². The fourth-order valence-electron chi connectivity index (χ4n) is 1.72. The lowest BCUT2D eigenvalue weighted by Gasteiger charge is -2.11. The SMILES string of the molecule is CCOC(=O)C(N)Cc1cccc2ccnn12. The smallest absolute Gasteiger partial charge is 0.323 e. The number of nitrogens with two attached hydrogens (primary N) is 1. The van der Waals surface area contributed by atoms with Gasteiger partial charge in [-0.1, -0.05) is 6.07 Å². The molecule has 0 spiro atoms. The van der Waals surface area contributed by atoms with E-state index in [1.165, 1.54) is 0 Å². The molecular weight excluding hydrogens is 218 g/mol. The van der Waals surface area contributed by atoms with E-state index in [2.05, 4.69) is 5.10 Å². The Morgan fingerprint density at radius 1 is 1.53 bits per heavy atom. The fourth-order valence-corrected chi connectivity index (χ4v) is 1.72. The molecule has 0 saturated carbocycles. The predicted molar refractivity (Wildman–Crippen MR) is 63.5 cm³/mol. The van der Waals surface area contributed by atoms with Crippen LogP contribution in [0, 0.1) is 0 Å². The van der Waals surface area contributed by atoms with Gasteiger partial charge in [-0.2, -0.15) is 5.10 Å². The van der Waals surface area contributed by atoms with E-state index in [1.807, 2.05) is 24.3 Å². The summed E-state index contributed by atoms with van der Waals surface area (Å²) in [7, 11) is 0. The van der Waals surface area contributed by atoms with Crippen LogP contribution in [0.15, 0.2) is 30.5 Å². The molecule has 0 aromatic carbocycles. The summed E-state index contributed by atoms with van der Waals surface area (Å²) < 4.78 is 6.65. The van der Waals surface area contributed by atoms with Crippen molar-refractivity contribution in [1.29, 1.82) is 0 Å². The Morgan fingerprint density at radius 2 is 2.35 bits per heavy atom. The minimum Gasteiger partial charge on any atom is -0.465 e. The van der Waals surface area contributed by atoms with Crippen molar-refractivity contribution in [2.45, 2.75) is 19.4 Å². The monoisotopic (exact) mass is 233 g/mol. The number of carbonyl (C=O) groups excluding carboxylic acids is 1. The van der Waals surface area contributed by atoms with Gasteiger partial charge in [0.1, 0.15) is 6.04 Å². The highest BCUT2D eigenvalue weighted by Crippen LogP contribution is 2.08. The number of esters is 1. The van der Waals surface area contributed by atoms with Gasteiger partial charge in [0.15, 0.2) is 0 Å². The molecule has 2 aromatic heterocycles. The van der Waals surface area contributed by atoms with Crippen LogP contribution in [-0.4, -0.2) is 28.2 Å². The van der Waals surface area contributed by atoms with Crippen molar-refractivity contribution >= 4 is 11.5 Å². The fraction of sp³-hybridized carbons (Fsp3) is 0.333. The first-order valence-corrected chi connectivity index (χ1v) is 5.56. The minimum absolute atomic E-state index is 0.346. The van der Waals surface area contributed by atoms with Gasteiger partial charge in [0, 0.05) is 18.3 Å². The zero-order chi connectivity index (χ0) is 12.3. The van der Waals surface area contributed by atoms with E-state index < -0.39 is 6.04 Å². The predicted octanol–water partition coefficient (Wildman–Crippen LogP) is 0.767. The van der Waals surface area contributed by atoms with Gasteiger partial charge >= 0.3 is 5.97 Å². The topological polar surface area (TPSA) is 69.6 Å². The lowest BCUT2D eigenvalue weighted by atomic mass is 10.1. The number of pyridine rings is 1. The maximum Gasteiger partial charge on any atom is 0.323 e. The highest BCUT2D eigenvalue weighted by molar-refractivity contribution is 5.75. The molecule has 0 aliphatic heterocycles. The van der Waals surface area contributed by atoms with Crippen molar-refractivity contribution in [3.63, 3.8) is 0 Å². The third kappa shape index (κ3) is 2.45. The van der Waals surface area contributed by atoms with Crippen LogP contribution in [0.2, 0.25) is 0 Å². The summed E-state index contributed by atoms with van der Waals surface area (Å²) in [4.78, 5) is 11.4. The molecule has 1 atom stereocenters. The van der Waals surface area contributed by atoms with E-state index in [0.717, 1.165) is 11.2 Å². The third-order valence-corrected chi connectivity index (χ3v) is 2.52. The van der Waals surface area contributed by atoms with Gasteiger partial charge < -0.3 is 10.5 Å². The number of ether oxygens (including phenoxy) is 1. The van der Waals surface area contributed by atoms with Crippen molar-refractivity contribution in [1.82, 2.24) is 9.61 Å². The van der Waals surface area contributed by atoms with Crippen LogP contribution in [0.1, 0.15) is 12.6 Å². The Hall–Kier alpha value is -1.88. The second-order valence-electron chi connectivity index (χ2n) is 3.75. The van der Waals surface area contributed by atoms with Crippen LogP contribution in [0.3, 0.4) is 0 Å². The molecule has 2 aromatic rings. The molecular formula is C12H15N3O2. The van der Waals surface area contributed by atoms with Crippen molar-refractivity contribution in [2.75, 3.05) is 6.61 Å². The molecule has 5 nitrogen and oxygen atoms in total. The number of rotatable bonds is 4. The summed E-state index contributed by atoms with van der Waals surface area (Å²) in [6.07, 6.45) is 2.13. The van der Waals surface area contributed by atoms with Gasteiger partial charge in [0.25, 0.3) is 0 Å². The van der Waals surface area contributed by atoms with Crippen LogP contribution < -0.4 is 5.73 Å². The van der Waals surface area contributed by atoms with Gasteiger partial charge in [-0.3, -0.25) is 4.79 Å². The first-order chi connectivity index (χ1) is 8.22. The van der Waals surface area contributed by atoms with E-state index in [9.17, 15) is 4.79 Å². The van der Waals surface area contributed by atoms with Crippen LogP contribution >= 0.6 is 0 Å². The Morgan fingerprint density at radius 3 is 3.12 bits per heavy atom. The average Bonchev–Trinajstić information content (AvgIpc) is 2.78. The van der Waals surface area contributed by atoms with E-state index in [0.29, 0.717) is 13.0 Å².